The lowest BCUT2D eigenvalue weighted by Crippen LogP contribution is -2.36. The minimum Gasteiger partial charge on any atom is -0.507 e. The Bertz CT molecular complexity index is 1300. The lowest BCUT2D eigenvalue weighted by Gasteiger charge is -2.30. The third kappa shape index (κ3) is 4.52. The van der Waals surface area contributed by atoms with Gasteiger partial charge in [-0.15, -0.1) is 0 Å². The third-order valence-electron chi connectivity index (χ3n) is 6.40. The van der Waals surface area contributed by atoms with Gasteiger partial charge in [-0.1, -0.05) is 26.0 Å². The molecule has 0 fully saturated rings. The van der Waals surface area contributed by atoms with E-state index >= 15 is 0 Å². The fourth-order valence-corrected chi connectivity index (χ4v) is 4.73. The molecule has 4 atom stereocenters. The summed E-state index contributed by atoms with van der Waals surface area (Å²) < 4.78 is 22.7. The van der Waals surface area contributed by atoms with Crippen LogP contribution in [0.5, 0.6) is 34.5 Å². The average molecular weight is 511 g/mol. The Morgan fingerprint density at radius 3 is 2.32 bits per heavy atom. The molecule has 2 aliphatic rings. The van der Waals surface area contributed by atoms with Crippen LogP contribution in [-0.2, 0) is 4.74 Å². The maximum Gasteiger partial charge on any atom is 0.202 e. The number of phenolic OH excluding ortho intramolecular Hbond substituents is 3. The van der Waals surface area contributed by atoms with Gasteiger partial charge in [0.25, 0.3) is 0 Å². The van der Waals surface area contributed by atoms with Crippen molar-refractivity contribution in [3.8, 4) is 34.5 Å². The maximum atomic E-state index is 12.8. The molecule has 3 aromatic rings. The van der Waals surface area contributed by atoms with Gasteiger partial charge in [0.2, 0.25) is 5.78 Å². The number of Topliss-reactive ketones (excluding diaryl/α,β-unsaturated/α-hetero) is 1. The van der Waals surface area contributed by atoms with Crippen molar-refractivity contribution in [2.45, 2.75) is 38.1 Å². The van der Waals surface area contributed by atoms with E-state index in [1.54, 1.807) is 25.3 Å². The molecule has 0 bridgehead atoms. The molecule has 0 saturated heterocycles. The number of aliphatic hydroxyl groups excluding tert-OH is 1. The smallest absolute Gasteiger partial charge is 0.202 e. The number of aliphatic hydroxyl groups is 1. The van der Waals surface area contributed by atoms with Crippen molar-refractivity contribution in [1.82, 2.24) is 0 Å². The largest absolute Gasteiger partial charge is 0.507 e. The topological polar surface area (TPSA) is 135 Å². The van der Waals surface area contributed by atoms with Crippen molar-refractivity contribution in [2.24, 2.45) is 0 Å². The first-order valence-corrected chi connectivity index (χ1v) is 11.9. The maximum absolute atomic E-state index is 12.8. The Morgan fingerprint density at radius 2 is 1.62 bits per heavy atom. The molecule has 196 valence electrons. The number of fused-ring (bicyclic) bond motifs is 2. The first kappa shape index (κ1) is 26.1. The van der Waals surface area contributed by atoms with Crippen molar-refractivity contribution < 1.29 is 44.2 Å². The van der Waals surface area contributed by atoms with Gasteiger partial charge in [-0.3, -0.25) is 4.79 Å². The second-order valence-electron chi connectivity index (χ2n) is 8.49. The number of phenols is 3. The minimum atomic E-state index is -1.59. The fourth-order valence-electron chi connectivity index (χ4n) is 4.73. The molecule has 4 N–H and O–H groups in total. The van der Waals surface area contributed by atoms with Crippen LogP contribution in [0.3, 0.4) is 0 Å². The molecule has 2 heterocycles. The number of rotatable bonds is 5. The summed E-state index contributed by atoms with van der Waals surface area (Å²) in [4.78, 5) is 12.8. The Hall–Kier alpha value is -3.95. The van der Waals surface area contributed by atoms with Gasteiger partial charge in [0.15, 0.2) is 35.2 Å². The number of hydrogen-bond acceptors (Lipinski definition) is 9. The van der Waals surface area contributed by atoms with Gasteiger partial charge >= 0.3 is 0 Å². The summed E-state index contributed by atoms with van der Waals surface area (Å²) in [5.41, 5.74) is 1.60. The standard InChI is InChI=1S/C26H24O9.C2H6/c1-32-11-15-14-8-13(25-23(31)22(30)21-17(28)4-3-5-19(21)34-25)9-18(29)26(14)35-24(15)12-6-7-16(27)20(10-12)33-2;1-2/h3-10,15,23-25,27-29,31H,11H2,1-2H3;1-2H3/t15-,23?,24?,25?;/m1./s1. The minimum absolute atomic E-state index is 0.0143. The summed E-state index contributed by atoms with van der Waals surface area (Å²) >= 11 is 0. The van der Waals surface area contributed by atoms with Crippen LogP contribution in [0, 0.1) is 0 Å². The van der Waals surface area contributed by atoms with E-state index in [-0.39, 0.29) is 52.6 Å². The number of ether oxygens (including phenoxy) is 4. The first-order valence-electron chi connectivity index (χ1n) is 11.9. The second-order valence-corrected chi connectivity index (χ2v) is 8.49. The lowest BCUT2D eigenvalue weighted by atomic mass is 9.87. The van der Waals surface area contributed by atoms with Crippen LogP contribution in [0.25, 0.3) is 0 Å². The highest BCUT2D eigenvalue weighted by molar-refractivity contribution is 6.05. The van der Waals surface area contributed by atoms with Crippen LogP contribution in [0.1, 0.15) is 59.0 Å². The number of carbonyl (C=O) groups is 1. The van der Waals surface area contributed by atoms with Crippen LogP contribution in [-0.4, -0.2) is 53.1 Å². The molecule has 37 heavy (non-hydrogen) atoms. The number of hydrogen-bond donors (Lipinski definition) is 4. The molecular formula is C28H30O9. The van der Waals surface area contributed by atoms with E-state index in [0.717, 1.165) is 0 Å². The molecule has 3 unspecified atom stereocenters. The molecule has 2 aliphatic heterocycles. The Kier molecular flexibility index (Phi) is 7.47. The molecule has 0 amide bonds. The van der Waals surface area contributed by atoms with Gasteiger partial charge < -0.3 is 39.4 Å². The van der Waals surface area contributed by atoms with Crippen LogP contribution >= 0.6 is 0 Å². The van der Waals surface area contributed by atoms with E-state index in [1.165, 1.54) is 37.4 Å². The predicted octanol–water partition coefficient (Wildman–Crippen LogP) is 4.38. The van der Waals surface area contributed by atoms with Crippen molar-refractivity contribution in [3.63, 3.8) is 0 Å². The summed E-state index contributed by atoms with van der Waals surface area (Å²) in [6.07, 6.45) is -3.25. The molecular weight excluding hydrogens is 480 g/mol. The molecule has 0 aliphatic carbocycles. The number of benzene rings is 3. The number of ketones is 1. The first-order chi connectivity index (χ1) is 17.8. The molecule has 0 aromatic heterocycles. The number of methoxy groups -OCH3 is 2. The van der Waals surface area contributed by atoms with E-state index in [4.69, 9.17) is 18.9 Å². The summed E-state index contributed by atoms with van der Waals surface area (Å²) in [5.74, 6) is -0.830. The zero-order valence-corrected chi connectivity index (χ0v) is 21.0. The zero-order chi connectivity index (χ0) is 26.9. The highest BCUT2D eigenvalue weighted by Gasteiger charge is 2.42. The second kappa shape index (κ2) is 10.6. The Balaban J connectivity index is 0.00000156. The monoisotopic (exact) mass is 510 g/mol. The van der Waals surface area contributed by atoms with Crippen molar-refractivity contribution in [1.29, 1.82) is 0 Å². The molecule has 9 nitrogen and oxygen atoms in total. The predicted molar refractivity (Wildman–Crippen MR) is 134 cm³/mol. The van der Waals surface area contributed by atoms with Gasteiger partial charge in [-0.05, 0) is 47.5 Å². The van der Waals surface area contributed by atoms with Gasteiger partial charge in [0.1, 0.15) is 23.2 Å². The van der Waals surface area contributed by atoms with Gasteiger partial charge in [-0.25, -0.2) is 0 Å². The normalized spacial score (nSPS) is 21.6. The quantitative estimate of drug-likeness (QED) is 0.394. The Morgan fingerprint density at radius 1 is 0.865 bits per heavy atom. The van der Waals surface area contributed by atoms with Crippen LogP contribution in [0.2, 0.25) is 0 Å². The summed E-state index contributed by atoms with van der Waals surface area (Å²) in [7, 11) is 2.99. The molecule has 0 spiro atoms. The lowest BCUT2D eigenvalue weighted by molar-refractivity contribution is 0.0210. The summed E-state index contributed by atoms with van der Waals surface area (Å²) in [6, 6.07) is 12.4. The highest BCUT2D eigenvalue weighted by Crippen LogP contribution is 2.52. The van der Waals surface area contributed by atoms with E-state index in [9.17, 15) is 25.2 Å². The number of aromatic hydroxyl groups is 3. The third-order valence-corrected chi connectivity index (χ3v) is 6.40. The molecule has 3 aromatic carbocycles. The van der Waals surface area contributed by atoms with Crippen LogP contribution < -0.4 is 14.2 Å². The molecule has 0 saturated carbocycles. The van der Waals surface area contributed by atoms with Gasteiger partial charge in [0, 0.05) is 12.7 Å². The molecule has 9 heteroatoms. The average Bonchev–Trinajstić information content (AvgIpc) is 3.26. The zero-order valence-electron chi connectivity index (χ0n) is 21.0. The van der Waals surface area contributed by atoms with Crippen LogP contribution in [0.4, 0.5) is 0 Å². The SMILES string of the molecule is CC.COC[C@@H]1c2cc(C3Oc4cccc(O)c4C(=O)C3O)cc(O)c2OC1c1ccc(O)c(OC)c1. The van der Waals surface area contributed by atoms with E-state index < -0.39 is 24.1 Å². The van der Waals surface area contributed by atoms with Crippen LogP contribution in [0.15, 0.2) is 48.5 Å². The Labute approximate surface area is 214 Å². The van der Waals surface area contributed by atoms with E-state index in [0.29, 0.717) is 16.7 Å². The fraction of sp³-hybridized carbons (Fsp3) is 0.321. The van der Waals surface area contributed by atoms with Crippen molar-refractivity contribution >= 4 is 5.78 Å². The summed E-state index contributed by atoms with van der Waals surface area (Å²) in [6.45, 7) is 4.24. The van der Waals surface area contributed by atoms with E-state index in [2.05, 4.69) is 0 Å². The van der Waals surface area contributed by atoms with Gasteiger partial charge in [0.05, 0.1) is 19.6 Å². The number of carbonyl (C=O) groups excluding carboxylic acids is 1. The molecule has 5 rings (SSSR count). The highest BCUT2D eigenvalue weighted by atomic mass is 16.5. The van der Waals surface area contributed by atoms with Crippen molar-refractivity contribution in [3.05, 3.63) is 70.8 Å². The van der Waals surface area contributed by atoms with Gasteiger partial charge in [-0.2, -0.15) is 0 Å². The van der Waals surface area contributed by atoms with Crippen molar-refractivity contribution in [2.75, 3.05) is 20.8 Å². The van der Waals surface area contributed by atoms with E-state index in [1.807, 2.05) is 13.8 Å². The molecule has 0 radical (unpaired) electrons. The summed E-state index contributed by atoms with van der Waals surface area (Å²) in [5, 5.41) is 41.6.